The van der Waals surface area contributed by atoms with Crippen LogP contribution in [0.15, 0.2) is 30.3 Å². The minimum atomic E-state index is -0.349. The predicted molar refractivity (Wildman–Crippen MR) is 70.1 cm³/mol. The maximum absolute atomic E-state index is 11.8. The van der Waals surface area contributed by atoms with E-state index in [1.54, 1.807) is 0 Å². The van der Waals surface area contributed by atoms with Crippen molar-refractivity contribution in [1.29, 1.82) is 0 Å². The summed E-state index contributed by atoms with van der Waals surface area (Å²) in [5.41, 5.74) is 0.911. The van der Waals surface area contributed by atoms with Gasteiger partial charge in [0.1, 0.15) is 0 Å². The lowest BCUT2D eigenvalue weighted by atomic mass is 10.1. The number of rotatable bonds is 5. The van der Waals surface area contributed by atoms with Crippen LogP contribution >= 0.6 is 0 Å². The lowest BCUT2D eigenvalue weighted by Crippen LogP contribution is -2.44. The summed E-state index contributed by atoms with van der Waals surface area (Å²) in [7, 11) is 0. The number of carbonyl (C=O) groups is 1. The molecule has 0 heterocycles. The molecule has 1 fully saturated rings. The van der Waals surface area contributed by atoms with Gasteiger partial charge in [0.05, 0.1) is 12.6 Å². The third kappa shape index (κ3) is 3.47. The van der Waals surface area contributed by atoms with Crippen molar-refractivity contribution < 1.29 is 9.90 Å². The van der Waals surface area contributed by atoms with E-state index in [1.807, 2.05) is 37.3 Å². The molecule has 0 saturated heterocycles. The highest BCUT2D eigenvalue weighted by atomic mass is 16.3. The lowest BCUT2D eigenvalue weighted by molar-refractivity contribution is 0.213. The molecule has 0 aliphatic heterocycles. The van der Waals surface area contributed by atoms with Gasteiger partial charge in [0.15, 0.2) is 0 Å². The summed E-state index contributed by atoms with van der Waals surface area (Å²) in [5.74, 6) is 0.625. The third-order valence-corrected chi connectivity index (χ3v) is 3.38. The van der Waals surface area contributed by atoms with Crippen LogP contribution in [0.5, 0.6) is 0 Å². The molecule has 2 rings (SSSR count). The van der Waals surface area contributed by atoms with Crippen molar-refractivity contribution in [1.82, 2.24) is 10.6 Å². The smallest absolute Gasteiger partial charge is 0.315 e. The Morgan fingerprint density at radius 3 is 2.56 bits per heavy atom. The molecule has 1 aliphatic rings. The number of carbonyl (C=O) groups excluding carboxylic acids is 1. The second-order valence-electron chi connectivity index (χ2n) is 4.89. The lowest BCUT2D eigenvalue weighted by Gasteiger charge is -2.19. The van der Waals surface area contributed by atoms with Crippen LogP contribution in [0.3, 0.4) is 0 Å². The number of nitrogens with one attached hydrogen (secondary N) is 2. The van der Waals surface area contributed by atoms with Gasteiger partial charge in [-0.25, -0.2) is 4.79 Å². The summed E-state index contributed by atoms with van der Waals surface area (Å²) in [5, 5.41) is 15.1. The molecule has 4 heteroatoms. The number of amides is 2. The van der Waals surface area contributed by atoms with E-state index in [0.29, 0.717) is 5.92 Å². The first-order valence-corrected chi connectivity index (χ1v) is 6.43. The largest absolute Gasteiger partial charge is 0.394 e. The first-order valence-electron chi connectivity index (χ1n) is 6.43. The number of aliphatic hydroxyl groups excluding tert-OH is 1. The van der Waals surface area contributed by atoms with E-state index in [0.717, 1.165) is 5.56 Å². The summed E-state index contributed by atoms with van der Waals surface area (Å²) >= 11 is 0. The molecule has 18 heavy (non-hydrogen) atoms. The van der Waals surface area contributed by atoms with Crippen LogP contribution in [0.25, 0.3) is 0 Å². The topological polar surface area (TPSA) is 61.4 Å². The molecule has 4 nitrogen and oxygen atoms in total. The molecule has 2 amide bonds. The van der Waals surface area contributed by atoms with Crippen LogP contribution in [0.4, 0.5) is 4.79 Å². The molecule has 1 aromatic carbocycles. The number of hydrogen-bond acceptors (Lipinski definition) is 2. The summed E-state index contributed by atoms with van der Waals surface area (Å²) in [4.78, 5) is 11.8. The Hall–Kier alpha value is -1.55. The van der Waals surface area contributed by atoms with Gasteiger partial charge in [-0.15, -0.1) is 0 Å². The van der Waals surface area contributed by atoms with E-state index in [1.165, 1.54) is 12.8 Å². The van der Waals surface area contributed by atoms with E-state index in [4.69, 9.17) is 0 Å². The maximum atomic E-state index is 11.8. The molecule has 2 atom stereocenters. The first-order chi connectivity index (χ1) is 8.70. The summed E-state index contributed by atoms with van der Waals surface area (Å²) in [6.45, 7) is 1.92. The van der Waals surface area contributed by atoms with Crippen LogP contribution in [0.1, 0.15) is 31.4 Å². The van der Waals surface area contributed by atoms with Crippen LogP contribution in [0.2, 0.25) is 0 Å². The SMILES string of the molecule is CC(NC(=O)N[C@H](CO)c1ccccc1)C1CC1. The minimum Gasteiger partial charge on any atom is -0.394 e. The quantitative estimate of drug-likeness (QED) is 0.744. The summed E-state index contributed by atoms with van der Waals surface area (Å²) in [6.07, 6.45) is 2.40. The number of hydrogen-bond donors (Lipinski definition) is 3. The molecule has 0 aromatic heterocycles. The molecular formula is C14H20N2O2. The molecule has 1 saturated carbocycles. The molecule has 3 N–H and O–H groups in total. The Kier molecular flexibility index (Phi) is 4.20. The van der Waals surface area contributed by atoms with Gasteiger partial charge >= 0.3 is 6.03 Å². The van der Waals surface area contributed by atoms with Crippen molar-refractivity contribution in [2.24, 2.45) is 5.92 Å². The number of aliphatic hydroxyl groups is 1. The molecule has 0 spiro atoms. The molecule has 0 radical (unpaired) electrons. The average Bonchev–Trinajstić information content (AvgIpc) is 3.21. The zero-order valence-electron chi connectivity index (χ0n) is 10.6. The van der Waals surface area contributed by atoms with E-state index in [9.17, 15) is 9.90 Å². The normalized spacial score (nSPS) is 17.9. The monoisotopic (exact) mass is 248 g/mol. The van der Waals surface area contributed by atoms with Crippen molar-refractivity contribution >= 4 is 6.03 Å². The number of benzene rings is 1. The fourth-order valence-electron chi connectivity index (χ4n) is 2.04. The van der Waals surface area contributed by atoms with Gasteiger partial charge in [-0.2, -0.15) is 0 Å². The molecule has 98 valence electrons. The summed E-state index contributed by atoms with van der Waals surface area (Å²) in [6, 6.07) is 9.13. The molecule has 1 unspecified atom stereocenters. The standard InChI is InChI=1S/C14H20N2O2/c1-10(11-7-8-11)15-14(18)16-13(9-17)12-5-3-2-4-6-12/h2-6,10-11,13,17H,7-9H2,1H3,(H2,15,16,18)/t10?,13-/m1/s1. The Balaban J connectivity index is 1.87. The van der Waals surface area contributed by atoms with Gasteiger partial charge in [-0.05, 0) is 31.2 Å². The molecule has 1 aliphatic carbocycles. The van der Waals surface area contributed by atoms with Gasteiger partial charge in [-0.1, -0.05) is 30.3 Å². The highest BCUT2D eigenvalue weighted by Gasteiger charge is 2.29. The summed E-state index contributed by atoms with van der Waals surface area (Å²) < 4.78 is 0. The van der Waals surface area contributed by atoms with Gasteiger partial charge in [0.2, 0.25) is 0 Å². The third-order valence-electron chi connectivity index (χ3n) is 3.38. The number of urea groups is 1. The first kappa shape index (κ1) is 12.9. The Bertz CT molecular complexity index is 390. The Morgan fingerprint density at radius 1 is 1.33 bits per heavy atom. The van der Waals surface area contributed by atoms with Crippen LogP contribution in [-0.4, -0.2) is 23.8 Å². The zero-order valence-corrected chi connectivity index (χ0v) is 10.6. The van der Waals surface area contributed by atoms with Crippen LogP contribution in [0, 0.1) is 5.92 Å². The van der Waals surface area contributed by atoms with Crippen LogP contribution < -0.4 is 10.6 Å². The predicted octanol–water partition coefficient (Wildman–Crippen LogP) is 1.82. The maximum Gasteiger partial charge on any atom is 0.315 e. The van der Waals surface area contributed by atoms with E-state index in [-0.39, 0.29) is 24.7 Å². The zero-order chi connectivity index (χ0) is 13.0. The molecular weight excluding hydrogens is 228 g/mol. The second-order valence-corrected chi connectivity index (χ2v) is 4.89. The van der Waals surface area contributed by atoms with E-state index >= 15 is 0 Å². The molecule has 1 aromatic rings. The fourth-order valence-corrected chi connectivity index (χ4v) is 2.04. The van der Waals surface area contributed by atoms with Crippen molar-refractivity contribution in [2.45, 2.75) is 31.8 Å². The van der Waals surface area contributed by atoms with E-state index < -0.39 is 0 Å². The fraction of sp³-hybridized carbons (Fsp3) is 0.500. The van der Waals surface area contributed by atoms with Gasteiger partial charge in [-0.3, -0.25) is 0 Å². The minimum absolute atomic E-state index is 0.102. The van der Waals surface area contributed by atoms with Crippen molar-refractivity contribution in [3.05, 3.63) is 35.9 Å². The Labute approximate surface area is 107 Å². The van der Waals surface area contributed by atoms with E-state index in [2.05, 4.69) is 10.6 Å². The molecule has 0 bridgehead atoms. The highest BCUT2D eigenvalue weighted by Crippen LogP contribution is 2.32. The van der Waals surface area contributed by atoms with Crippen LogP contribution in [-0.2, 0) is 0 Å². The Morgan fingerprint density at radius 2 is 2.00 bits per heavy atom. The van der Waals surface area contributed by atoms with Crippen molar-refractivity contribution in [3.63, 3.8) is 0 Å². The van der Waals surface area contributed by atoms with Gasteiger partial charge in [0.25, 0.3) is 0 Å². The van der Waals surface area contributed by atoms with Crippen molar-refractivity contribution in [3.8, 4) is 0 Å². The second kappa shape index (κ2) is 5.87. The average molecular weight is 248 g/mol. The van der Waals surface area contributed by atoms with Gasteiger partial charge < -0.3 is 15.7 Å². The van der Waals surface area contributed by atoms with Gasteiger partial charge in [0, 0.05) is 6.04 Å². The van der Waals surface area contributed by atoms with Crippen molar-refractivity contribution in [2.75, 3.05) is 6.61 Å². The highest BCUT2D eigenvalue weighted by molar-refractivity contribution is 5.74.